The van der Waals surface area contributed by atoms with Gasteiger partial charge in [0, 0.05) is 17.6 Å². The first kappa shape index (κ1) is 12.9. The molecule has 3 aromatic heterocycles. The van der Waals surface area contributed by atoms with Crippen LogP contribution in [0.15, 0.2) is 28.6 Å². The van der Waals surface area contributed by atoms with Gasteiger partial charge >= 0.3 is 0 Å². The second-order valence-electron chi connectivity index (χ2n) is 5.16. The van der Waals surface area contributed by atoms with Crippen LogP contribution in [0, 0.1) is 0 Å². The molecule has 0 spiro atoms. The molecule has 104 valence electrons. The van der Waals surface area contributed by atoms with E-state index in [2.05, 4.69) is 15.3 Å². The zero-order valence-corrected chi connectivity index (χ0v) is 12.0. The third-order valence-corrected chi connectivity index (χ3v) is 3.64. The van der Waals surface area contributed by atoms with Crippen molar-refractivity contribution in [3.8, 4) is 0 Å². The number of thiazole rings is 1. The highest BCUT2D eigenvalue weighted by Crippen LogP contribution is 2.13. The first-order chi connectivity index (χ1) is 9.43. The number of nitrogens with two attached hydrogens (primary N) is 1. The molecule has 2 N–H and O–H groups in total. The van der Waals surface area contributed by atoms with Crippen LogP contribution in [0.4, 0.5) is 0 Å². The molecule has 0 saturated carbocycles. The SMILES string of the molecule is CC(C)(N)c1cn(Cc2cc(=O)n3ccsc3n2)nn1. The van der Waals surface area contributed by atoms with Crippen LogP contribution in [0.3, 0.4) is 0 Å². The number of fused-ring (bicyclic) bond motifs is 1. The van der Waals surface area contributed by atoms with Crippen molar-refractivity contribution >= 4 is 16.3 Å². The summed E-state index contributed by atoms with van der Waals surface area (Å²) in [4.78, 5) is 17.0. The van der Waals surface area contributed by atoms with E-state index in [1.165, 1.54) is 21.8 Å². The van der Waals surface area contributed by atoms with Gasteiger partial charge in [0.1, 0.15) is 5.69 Å². The Hall–Kier alpha value is -2.06. The lowest BCUT2D eigenvalue weighted by molar-refractivity contribution is 0.533. The quantitative estimate of drug-likeness (QED) is 0.762. The summed E-state index contributed by atoms with van der Waals surface area (Å²) in [5.41, 5.74) is 6.69. The Morgan fingerprint density at radius 2 is 2.25 bits per heavy atom. The third-order valence-electron chi connectivity index (χ3n) is 2.88. The molecular formula is C12H14N6OS. The van der Waals surface area contributed by atoms with Crippen molar-refractivity contribution in [2.75, 3.05) is 0 Å². The molecule has 8 heteroatoms. The minimum absolute atomic E-state index is 0.0919. The standard InChI is InChI=1S/C12H14N6OS/c1-12(2,13)9-7-17(16-15-9)6-8-5-10(19)18-3-4-20-11(18)14-8/h3-5,7H,6,13H2,1-2H3. The maximum Gasteiger partial charge on any atom is 0.258 e. The third kappa shape index (κ3) is 2.35. The van der Waals surface area contributed by atoms with Gasteiger partial charge in [-0.1, -0.05) is 5.21 Å². The van der Waals surface area contributed by atoms with Crippen molar-refractivity contribution in [3.05, 3.63) is 45.6 Å². The Balaban J connectivity index is 1.93. The predicted octanol–water partition coefficient (Wildman–Crippen LogP) is 0.590. The fourth-order valence-electron chi connectivity index (χ4n) is 1.81. The summed E-state index contributed by atoms with van der Waals surface area (Å²) in [5, 5.41) is 9.89. The molecule has 3 heterocycles. The Morgan fingerprint density at radius 1 is 1.45 bits per heavy atom. The number of rotatable bonds is 3. The molecule has 0 radical (unpaired) electrons. The largest absolute Gasteiger partial charge is 0.320 e. The van der Waals surface area contributed by atoms with Crippen molar-refractivity contribution in [1.29, 1.82) is 0 Å². The maximum atomic E-state index is 11.9. The Labute approximate surface area is 118 Å². The van der Waals surface area contributed by atoms with E-state index in [0.717, 1.165) is 0 Å². The summed E-state index contributed by atoms with van der Waals surface area (Å²) in [6.45, 7) is 4.13. The van der Waals surface area contributed by atoms with Crippen LogP contribution in [0.5, 0.6) is 0 Å². The van der Waals surface area contributed by atoms with Gasteiger partial charge in [0.15, 0.2) is 4.96 Å². The second-order valence-corrected chi connectivity index (χ2v) is 6.04. The van der Waals surface area contributed by atoms with Gasteiger partial charge in [0.25, 0.3) is 5.56 Å². The maximum absolute atomic E-state index is 11.9. The van der Waals surface area contributed by atoms with Crippen LogP contribution in [-0.2, 0) is 12.1 Å². The minimum Gasteiger partial charge on any atom is -0.320 e. The van der Waals surface area contributed by atoms with E-state index in [4.69, 9.17) is 5.73 Å². The Kier molecular flexibility index (Phi) is 2.91. The van der Waals surface area contributed by atoms with Gasteiger partial charge < -0.3 is 5.73 Å². The van der Waals surface area contributed by atoms with Crippen molar-refractivity contribution in [3.63, 3.8) is 0 Å². The zero-order valence-electron chi connectivity index (χ0n) is 11.1. The highest BCUT2D eigenvalue weighted by molar-refractivity contribution is 7.15. The van der Waals surface area contributed by atoms with E-state index in [1.54, 1.807) is 17.1 Å². The van der Waals surface area contributed by atoms with Crippen molar-refractivity contribution in [2.24, 2.45) is 5.73 Å². The van der Waals surface area contributed by atoms with Gasteiger partial charge in [0.2, 0.25) is 0 Å². The van der Waals surface area contributed by atoms with E-state index < -0.39 is 5.54 Å². The normalized spacial score (nSPS) is 12.2. The Bertz CT molecular complexity index is 809. The van der Waals surface area contributed by atoms with Gasteiger partial charge in [-0.15, -0.1) is 16.4 Å². The van der Waals surface area contributed by atoms with E-state index in [9.17, 15) is 4.79 Å². The summed E-state index contributed by atoms with van der Waals surface area (Å²) in [6.07, 6.45) is 3.49. The molecule has 0 saturated heterocycles. The van der Waals surface area contributed by atoms with E-state index >= 15 is 0 Å². The lowest BCUT2D eigenvalue weighted by atomic mass is 10.0. The van der Waals surface area contributed by atoms with Crippen LogP contribution in [0.1, 0.15) is 25.2 Å². The molecule has 20 heavy (non-hydrogen) atoms. The zero-order chi connectivity index (χ0) is 14.3. The Morgan fingerprint density at radius 3 is 2.95 bits per heavy atom. The molecule has 7 nitrogen and oxygen atoms in total. The lowest BCUT2D eigenvalue weighted by Crippen LogP contribution is -2.29. The van der Waals surface area contributed by atoms with Gasteiger partial charge in [-0.2, -0.15) is 0 Å². The molecule has 0 amide bonds. The number of aromatic nitrogens is 5. The molecule has 0 aliphatic rings. The first-order valence-corrected chi connectivity index (χ1v) is 6.97. The molecule has 0 aliphatic carbocycles. The molecule has 0 bridgehead atoms. The molecular weight excluding hydrogens is 276 g/mol. The molecule has 0 aromatic carbocycles. The number of nitrogens with zero attached hydrogens (tertiary/aromatic N) is 5. The minimum atomic E-state index is -0.539. The van der Waals surface area contributed by atoms with Crippen LogP contribution in [0.2, 0.25) is 0 Å². The van der Waals surface area contributed by atoms with Crippen molar-refractivity contribution < 1.29 is 0 Å². The van der Waals surface area contributed by atoms with Gasteiger partial charge in [-0.3, -0.25) is 9.20 Å². The highest BCUT2D eigenvalue weighted by Gasteiger charge is 2.18. The smallest absolute Gasteiger partial charge is 0.258 e. The summed E-state index contributed by atoms with van der Waals surface area (Å²) in [6, 6.07) is 1.51. The molecule has 3 rings (SSSR count). The van der Waals surface area contributed by atoms with Crippen LogP contribution in [-0.4, -0.2) is 24.4 Å². The van der Waals surface area contributed by atoms with Crippen LogP contribution in [0.25, 0.3) is 4.96 Å². The average Bonchev–Trinajstić information content (AvgIpc) is 2.96. The molecule has 0 atom stereocenters. The van der Waals surface area contributed by atoms with Gasteiger partial charge in [-0.05, 0) is 13.8 Å². The fraction of sp³-hybridized carbons (Fsp3) is 0.333. The predicted molar refractivity (Wildman–Crippen MR) is 75.7 cm³/mol. The van der Waals surface area contributed by atoms with E-state index in [1.807, 2.05) is 19.2 Å². The lowest BCUT2D eigenvalue weighted by Gasteiger charge is -2.13. The molecule has 0 aliphatic heterocycles. The summed E-state index contributed by atoms with van der Waals surface area (Å²) >= 11 is 1.42. The number of hydrogen-bond donors (Lipinski definition) is 1. The molecule has 0 fully saturated rings. The van der Waals surface area contributed by atoms with E-state index in [0.29, 0.717) is 22.9 Å². The van der Waals surface area contributed by atoms with Gasteiger partial charge in [-0.25, -0.2) is 9.67 Å². The fourth-order valence-corrected chi connectivity index (χ4v) is 2.54. The summed E-state index contributed by atoms with van der Waals surface area (Å²) in [7, 11) is 0. The van der Waals surface area contributed by atoms with Crippen molar-refractivity contribution in [2.45, 2.75) is 25.9 Å². The van der Waals surface area contributed by atoms with Crippen LogP contribution < -0.4 is 11.3 Å². The van der Waals surface area contributed by atoms with Gasteiger partial charge in [0.05, 0.1) is 24.0 Å². The highest BCUT2D eigenvalue weighted by atomic mass is 32.1. The molecule has 0 unspecified atom stereocenters. The second kappa shape index (κ2) is 4.50. The average molecular weight is 290 g/mol. The topological polar surface area (TPSA) is 91.1 Å². The summed E-state index contributed by atoms with van der Waals surface area (Å²) < 4.78 is 3.15. The number of hydrogen-bond acceptors (Lipinski definition) is 6. The van der Waals surface area contributed by atoms with E-state index in [-0.39, 0.29) is 5.56 Å². The van der Waals surface area contributed by atoms with Crippen molar-refractivity contribution in [1.82, 2.24) is 24.4 Å². The first-order valence-electron chi connectivity index (χ1n) is 6.09. The van der Waals surface area contributed by atoms with Crippen LogP contribution >= 0.6 is 11.3 Å². The monoisotopic (exact) mass is 290 g/mol. The molecule has 3 aromatic rings. The summed E-state index contributed by atoms with van der Waals surface area (Å²) in [5.74, 6) is 0.